The molecule has 1 rings (SSSR count). The lowest BCUT2D eigenvalue weighted by Gasteiger charge is -2.28. The summed E-state index contributed by atoms with van der Waals surface area (Å²) in [6, 6.07) is -4.80. The molecule has 1 aliphatic rings. The number of hydrogen-bond acceptors (Lipinski definition) is 8. The van der Waals surface area contributed by atoms with Crippen molar-refractivity contribution >= 4 is 42.3 Å². The van der Waals surface area contributed by atoms with E-state index >= 15 is 0 Å². The topological polar surface area (TPSA) is 199 Å². The maximum Gasteiger partial charge on any atom is 0.328 e. The number of likely N-dealkylation sites (tertiary alicyclic amines) is 1. The van der Waals surface area contributed by atoms with Gasteiger partial charge in [0.25, 0.3) is 0 Å². The van der Waals surface area contributed by atoms with Gasteiger partial charge < -0.3 is 36.6 Å². The number of carboxylic acids is 2. The zero-order chi connectivity index (χ0) is 23.0. The fourth-order valence-corrected chi connectivity index (χ4v) is 3.20. The van der Waals surface area contributed by atoms with Crippen LogP contribution < -0.4 is 16.4 Å². The van der Waals surface area contributed by atoms with Gasteiger partial charge in [0.15, 0.2) is 6.04 Å². The zero-order valence-corrected chi connectivity index (χ0v) is 17.4. The molecule has 1 saturated heterocycles. The van der Waals surface area contributed by atoms with E-state index in [0.29, 0.717) is 19.4 Å². The van der Waals surface area contributed by atoms with Crippen LogP contribution in [0.15, 0.2) is 0 Å². The Morgan fingerprint density at radius 1 is 1.20 bits per heavy atom. The summed E-state index contributed by atoms with van der Waals surface area (Å²) in [5, 5.41) is 32.0. The maximum atomic E-state index is 12.7. The number of carboxylic acid groups (broad SMARTS) is 2. The predicted molar refractivity (Wildman–Crippen MR) is 107 cm³/mol. The molecule has 7 N–H and O–H groups in total. The predicted octanol–water partition coefficient (Wildman–Crippen LogP) is -2.47. The Bertz CT molecular complexity index is 674. The number of carbonyl (C=O) groups excluding carboxylic acids is 3. The Morgan fingerprint density at radius 2 is 1.83 bits per heavy atom. The van der Waals surface area contributed by atoms with Crippen LogP contribution in [0.4, 0.5) is 0 Å². The van der Waals surface area contributed by atoms with E-state index < -0.39 is 66.4 Å². The van der Waals surface area contributed by atoms with Crippen LogP contribution in [0.1, 0.15) is 32.6 Å². The zero-order valence-electron chi connectivity index (χ0n) is 16.5. The van der Waals surface area contributed by atoms with Crippen LogP contribution in [-0.2, 0) is 24.0 Å². The highest BCUT2D eigenvalue weighted by molar-refractivity contribution is 7.80. The minimum absolute atomic E-state index is 0.0865. The Labute approximate surface area is 178 Å². The Kier molecular flexibility index (Phi) is 10.0. The lowest BCUT2D eigenvalue weighted by molar-refractivity contribution is -0.146. The number of nitrogens with two attached hydrogens (primary N) is 1. The van der Waals surface area contributed by atoms with Gasteiger partial charge in [-0.05, 0) is 26.2 Å². The van der Waals surface area contributed by atoms with E-state index in [1.165, 1.54) is 4.90 Å². The molecule has 5 unspecified atom stereocenters. The van der Waals surface area contributed by atoms with Gasteiger partial charge in [0.2, 0.25) is 17.7 Å². The average Bonchev–Trinajstić information content (AvgIpc) is 3.16. The molecule has 0 spiro atoms. The van der Waals surface area contributed by atoms with Crippen LogP contribution in [0.2, 0.25) is 0 Å². The molecular weight excluding hydrogens is 420 g/mol. The first-order chi connectivity index (χ1) is 14.0. The number of aliphatic hydroxyl groups is 1. The first-order valence-corrected chi connectivity index (χ1v) is 10.0. The van der Waals surface area contributed by atoms with Crippen molar-refractivity contribution in [3.05, 3.63) is 0 Å². The van der Waals surface area contributed by atoms with Crippen molar-refractivity contribution in [2.24, 2.45) is 5.73 Å². The number of nitrogens with one attached hydrogen (secondary N) is 2. The van der Waals surface area contributed by atoms with Gasteiger partial charge in [0.05, 0.1) is 12.1 Å². The lowest BCUT2D eigenvalue weighted by Crippen LogP contribution is -2.58. The second-order valence-electron chi connectivity index (χ2n) is 7.04. The monoisotopic (exact) mass is 448 g/mol. The minimum atomic E-state index is -1.64. The number of hydrogen-bond donors (Lipinski definition) is 7. The quantitative estimate of drug-likeness (QED) is 0.167. The standard InChI is InChI=1S/C17H28N4O8S/c1-8(22)13(17(28)29)20-14(25)10(4-5-12(23)24)19-15(26)11-3-2-6-21(11)16(27)9(18)7-30/h8-11,13,22,30H,2-7,18H2,1H3,(H,19,26)(H,20,25)(H,23,24)(H,28,29). The molecule has 30 heavy (non-hydrogen) atoms. The lowest BCUT2D eigenvalue weighted by atomic mass is 10.1. The molecule has 0 aliphatic carbocycles. The fourth-order valence-electron chi connectivity index (χ4n) is 3.04. The Morgan fingerprint density at radius 3 is 2.33 bits per heavy atom. The van der Waals surface area contributed by atoms with Crippen LogP contribution >= 0.6 is 12.6 Å². The summed E-state index contributed by atoms with van der Waals surface area (Å²) in [4.78, 5) is 60.9. The van der Waals surface area contributed by atoms with Gasteiger partial charge in [-0.15, -0.1) is 0 Å². The molecule has 0 aromatic carbocycles. The first kappa shape index (κ1) is 25.7. The van der Waals surface area contributed by atoms with Crippen molar-refractivity contribution < 1.29 is 39.3 Å². The highest BCUT2D eigenvalue weighted by Crippen LogP contribution is 2.19. The van der Waals surface area contributed by atoms with E-state index in [1.54, 1.807) is 0 Å². The summed E-state index contributed by atoms with van der Waals surface area (Å²) in [7, 11) is 0. The van der Waals surface area contributed by atoms with Crippen LogP contribution in [-0.4, -0.2) is 92.4 Å². The van der Waals surface area contributed by atoms with E-state index in [4.69, 9.17) is 15.9 Å². The van der Waals surface area contributed by atoms with Crippen LogP contribution in [0.3, 0.4) is 0 Å². The first-order valence-electron chi connectivity index (χ1n) is 9.39. The van der Waals surface area contributed by atoms with Crippen molar-refractivity contribution in [2.75, 3.05) is 12.3 Å². The second-order valence-corrected chi connectivity index (χ2v) is 7.40. The van der Waals surface area contributed by atoms with E-state index in [1.807, 2.05) is 0 Å². The van der Waals surface area contributed by atoms with Crippen molar-refractivity contribution in [3.8, 4) is 0 Å². The third-order valence-corrected chi connectivity index (χ3v) is 5.07. The molecule has 0 aromatic heterocycles. The highest BCUT2D eigenvalue weighted by Gasteiger charge is 2.38. The maximum absolute atomic E-state index is 12.7. The molecule has 170 valence electrons. The summed E-state index contributed by atoms with van der Waals surface area (Å²) in [6.07, 6.45) is -1.33. The van der Waals surface area contributed by atoms with Crippen molar-refractivity contribution in [1.29, 1.82) is 0 Å². The third-order valence-electron chi connectivity index (χ3n) is 4.68. The fraction of sp³-hybridized carbons (Fsp3) is 0.706. The molecule has 0 aromatic rings. The van der Waals surface area contributed by atoms with E-state index in [-0.39, 0.29) is 12.2 Å². The molecule has 1 aliphatic heterocycles. The molecule has 1 fully saturated rings. The normalized spacial score (nSPS) is 20.0. The van der Waals surface area contributed by atoms with Gasteiger partial charge in [-0.1, -0.05) is 0 Å². The second kappa shape index (κ2) is 11.7. The van der Waals surface area contributed by atoms with Gasteiger partial charge in [-0.3, -0.25) is 19.2 Å². The molecular formula is C17H28N4O8S. The number of amides is 3. The minimum Gasteiger partial charge on any atom is -0.481 e. The molecule has 0 bridgehead atoms. The number of thiol groups is 1. The average molecular weight is 448 g/mol. The largest absolute Gasteiger partial charge is 0.481 e. The SMILES string of the molecule is CC(O)C(NC(=O)C(CCC(=O)O)NC(=O)C1CCCN1C(=O)C(N)CS)C(=O)O. The van der Waals surface area contributed by atoms with Crippen LogP contribution in [0.5, 0.6) is 0 Å². The summed E-state index contributed by atoms with van der Waals surface area (Å²) in [5.74, 6) is -4.72. The smallest absolute Gasteiger partial charge is 0.328 e. The molecule has 12 nitrogen and oxygen atoms in total. The van der Waals surface area contributed by atoms with E-state index in [2.05, 4.69) is 23.3 Å². The number of rotatable bonds is 11. The molecule has 0 saturated carbocycles. The molecule has 3 amide bonds. The highest BCUT2D eigenvalue weighted by atomic mass is 32.1. The Balaban J connectivity index is 2.93. The number of aliphatic hydroxyl groups excluding tert-OH is 1. The van der Waals surface area contributed by atoms with Crippen molar-refractivity contribution in [3.63, 3.8) is 0 Å². The van der Waals surface area contributed by atoms with Crippen LogP contribution in [0, 0.1) is 0 Å². The summed E-state index contributed by atoms with van der Waals surface area (Å²) < 4.78 is 0. The van der Waals surface area contributed by atoms with Gasteiger partial charge >= 0.3 is 11.9 Å². The van der Waals surface area contributed by atoms with E-state index in [9.17, 15) is 29.1 Å². The molecule has 5 atom stereocenters. The van der Waals surface area contributed by atoms with E-state index in [0.717, 1.165) is 6.92 Å². The summed E-state index contributed by atoms with van der Waals surface area (Å²) in [5.41, 5.74) is 5.69. The number of nitrogens with zero attached hydrogens (tertiary/aromatic N) is 1. The van der Waals surface area contributed by atoms with Gasteiger partial charge in [0.1, 0.15) is 12.1 Å². The number of carbonyl (C=O) groups is 5. The van der Waals surface area contributed by atoms with Crippen LogP contribution in [0.25, 0.3) is 0 Å². The van der Waals surface area contributed by atoms with Crippen molar-refractivity contribution in [2.45, 2.75) is 62.9 Å². The van der Waals surface area contributed by atoms with Gasteiger partial charge in [-0.25, -0.2) is 4.79 Å². The van der Waals surface area contributed by atoms with Gasteiger partial charge in [0, 0.05) is 18.7 Å². The van der Waals surface area contributed by atoms with Crippen molar-refractivity contribution in [1.82, 2.24) is 15.5 Å². The molecule has 13 heteroatoms. The summed E-state index contributed by atoms with van der Waals surface area (Å²) >= 11 is 3.97. The Hall–Kier alpha value is -2.38. The number of aliphatic carboxylic acids is 2. The van der Waals surface area contributed by atoms with Gasteiger partial charge in [-0.2, -0.15) is 12.6 Å². The third kappa shape index (κ3) is 7.15. The molecule has 0 radical (unpaired) electrons. The molecule has 1 heterocycles. The summed E-state index contributed by atoms with van der Waals surface area (Å²) in [6.45, 7) is 1.46.